The van der Waals surface area contributed by atoms with E-state index in [4.69, 9.17) is 4.74 Å². The van der Waals surface area contributed by atoms with Gasteiger partial charge in [0.05, 0.1) is 18.4 Å². The summed E-state index contributed by atoms with van der Waals surface area (Å²) >= 11 is 0. The Morgan fingerprint density at radius 1 is 1.43 bits per heavy atom. The molecular formula is C16H16N2O3. The maximum Gasteiger partial charge on any atom is 0.261 e. The van der Waals surface area contributed by atoms with Crippen molar-refractivity contribution in [2.75, 3.05) is 12.4 Å². The first-order valence-corrected chi connectivity index (χ1v) is 7.08. The minimum absolute atomic E-state index is 0.0210. The average Bonchev–Trinajstić information content (AvgIpc) is 2.85. The Labute approximate surface area is 122 Å². The van der Waals surface area contributed by atoms with Crippen LogP contribution in [0.5, 0.6) is 11.5 Å². The number of rotatable bonds is 1. The predicted octanol–water partition coefficient (Wildman–Crippen LogP) is 2.60. The fourth-order valence-corrected chi connectivity index (χ4v) is 3.37. The molecule has 0 saturated carbocycles. The largest absolute Gasteiger partial charge is 0.504 e. The third-order valence-electron chi connectivity index (χ3n) is 4.34. The molecule has 0 unspecified atom stereocenters. The highest BCUT2D eigenvalue weighted by Gasteiger charge is 2.40. The molecule has 5 nitrogen and oxygen atoms in total. The zero-order valence-corrected chi connectivity index (χ0v) is 11.7. The molecule has 0 radical (unpaired) electrons. The number of amides is 1. The van der Waals surface area contributed by atoms with Crippen LogP contribution in [0.2, 0.25) is 0 Å². The molecule has 1 atom stereocenters. The van der Waals surface area contributed by atoms with Crippen LogP contribution in [0.4, 0.5) is 5.69 Å². The molecular weight excluding hydrogens is 268 g/mol. The van der Waals surface area contributed by atoms with Crippen molar-refractivity contribution >= 4 is 11.6 Å². The lowest BCUT2D eigenvalue weighted by Crippen LogP contribution is -2.44. The van der Waals surface area contributed by atoms with Crippen molar-refractivity contribution in [3.63, 3.8) is 0 Å². The van der Waals surface area contributed by atoms with Gasteiger partial charge in [-0.2, -0.15) is 0 Å². The second-order valence-electron chi connectivity index (χ2n) is 5.52. The SMILES string of the molecule is COc1cc2c(cc1O)N[C@@H]1CC3=C(CCC=C3)N1C2=O. The van der Waals surface area contributed by atoms with Gasteiger partial charge in [-0.3, -0.25) is 9.69 Å². The zero-order chi connectivity index (χ0) is 14.6. The number of fused-ring (bicyclic) bond motifs is 3. The molecule has 0 aromatic heterocycles. The maximum absolute atomic E-state index is 12.8. The van der Waals surface area contributed by atoms with Gasteiger partial charge in [0.15, 0.2) is 11.5 Å². The predicted molar refractivity (Wildman–Crippen MR) is 78.3 cm³/mol. The summed E-state index contributed by atoms with van der Waals surface area (Å²) in [5.41, 5.74) is 3.57. The number of anilines is 1. The molecule has 3 aliphatic rings. The van der Waals surface area contributed by atoms with Gasteiger partial charge < -0.3 is 15.2 Å². The summed E-state index contributed by atoms with van der Waals surface area (Å²) in [6.07, 6.45) is 6.91. The normalized spacial score (nSPS) is 22.6. The Morgan fingerprint density at radius 3 is 3.10 bits per heavy atom. The van der Waals surface area contributed by atoms with Crippen LogP contribution < -0.4 is 10.1 Å². The van der Waals surface area contributed by atoms with Crippen molar-refractivity contribution in [2.24, 2.45) is 0 Å². The summed E-state index contributed by atoms with van der Waals surface area (Å²) in [6, 6.07) is 3.17. The van der Waals surface area contributed by atoms with E-state index in [1.54, 1.807) is 12.1 Å². The number of hydrogen-bond donors (Lipinski definition) is 2. The lowest BCUT2D eigenvalue weighted by molar-refractivity contribution is 0.0764. The first-order valence-electron chi connectivity index (χ1n) is 7.08. The quantitative estimate of drug-likeness (QED) is 0.832. The van der Waals surface area contributed by atoms with E-state index in [1.807, 2.05) is 4.90 Å². The summed E-state index contributed by atoms with van der Waals surface area (Å²) < 4.78 is 5.11. The van der Waals surface area contributed by atoms with Crippen LogP contribution in [0.1, 0.15) is 29.6 Å². The maximum atomic E-state index is 12.8. The van der Waals surface area contributed by atoms with Crippen molar-refractivity contribution in [3.8, 4) is 11.5 Å². The molecule has 1 aliphatic carbocycles. The number of carbonyl (C=O) groups excluding carboxylic acids is 1. The number of methoxy groups -OCH3 is 1. The number of benzene rings is 1. The number of allylic oxidation sites excluding steroid dienone is 3. The third-order valence-corrected chi connectivity index (χ3v) is 4.34. The van der Waals surface area contributed by atoms with E-state index in [9.17, 15) is 9.90 Å². The van der Waals surface area contributed by atoms with E-state index in [1.165, 1.54) is 12.7 Å². The Morgan fingerprint density at radius 2 is 2.29 bits per heavy atom. The molecule has 0 bridgehead atoms. The monoisotopic (exact) mass is 284 g/mol. The van der Waals surface area contributed by atoms with Gasteiger partial charge in [0, 0.05) is 18.2 Å². The van der Waals surface area contributed by atoms with Gasteiger partial charge in [-0.05, 0) is 24.5 Å². The number of aromatic hydroxyl groups is 1. The van der Waals surface area contributed by atoms with Crippen LogP contribution in [0.15, 0.2) is 35.6 Å². The van der Waals surface area contributed by atoms with Gasteiger partial charge in [0.25, 0.3) is 5.91 Å². The van der Waals surface area contributed by atoms with Crippen molar-refractivity contribution < 1.29 is 14.6 Å². The molecule has 1 aromatic carbocycles. The Kier molecular flexibility index (Phi) is 2.51. The Balaban J connectivity index is 1.80. The van der Waals surface area contributed by atoms with Gasteiger partial charge in [-0.25, -0.2) is 0 Å². The Hall–Kier alpha value is -2.43. The molecule has 4 rings (SSSR count). The Bertz CT molecular complexity index is 706. The molecule has 2 heterocycles. The number of hydrogen-bond acceptors (Lipinski definition) is 4. The number of nitrogens with one attached hydrogen (secondary N) is 1. The van der Waals surface area contributed by atoms with Crippen LogP contribution in [0, 0.1) is 0 Å². The first kappa shape index (κ1) is 12.3. The van der Waals surface area contributed by atoms with E-state index in [0.29, 0.717) is 17.0 Å². The van der Waals surface area contributed by atoms with Crippen LogP contribution in [-0.4, -0.2) is 29.2 Å². The molecule has 2 N–H and O–H groups in total. The van der Waals surface area contributed by atoms with Gasteiger partial charge in [0.1, 0.15) is 6.17 Å². The second kappa shape index (κ2) is 4.28. The van der Waals surface area contributed by atoms with Gasteiger partial charge in [0.2, 0.25) is 0 Å². The fourth-order valence-electron chi connectivity index (χ4n) is 3.37. The van der Waals surface area contributed by atoms with Crippen molar-refractivity contribution in [1.82, 2.24) is 4.90 Å². The summed E-state index contributed by atoms with van der Waals surface area (Å²) in [5, 5.41) is 13.2. The number of phenols is 1. The third kappa shape index (κ3) is 1.67. The van der Waals surface area contributed by atoms with E-state index < -0.39 is 0 Å². The van der Waals surface area contributed by atoms with Gasteiger partial charge in [-0.1, -0.05) is 12.2 Å². The lowest BCUT2D eigenvalue weighted by Gasteiger charge is -2.35. The smallest absolute Gasteiger partial charge is 0.261 e. The van der Waals surface area contributed by atoms with Crippen molar-refractivity contribution in [2.45, 2.75) is 25.4 Å². The zero-order valence-electron chi connectivity index (χ0n) is 11.7. The van der Waals surface area contributed by atoms with Crippen LogP contribution in [0.3, 0.4) is 0 Å². The fraction of sp³-hybridized carbons (Fsp3) is 0.312. The standard InChI is InChI=1S/C16H16N2O3/c1-21-14-7-10-11(8-13(14)19)17-15-6-9-4-2-3-5-12(9)18(15)16(10)20/h2,4,7-8,15,17,19H,3,5-6H2,1H3/t15-/m0/s1. The molecule has 1 aromatic rings. The summed E-state index contributed by atoms with van der Waals surface area (Å²) in [4.78, 5) is 14.7. The van der Waals surface area contributed by atoms with Crippen LogP contribution in [-0.2, 0) is 0 Å². The molecule has 0 saturated heterocycles. The summed E-state index contributed by atoms with van der Waals surface area (Å²) in [5.74, 6) is 0.340. The molecule has 5 heteroatoms. The highest BCUT2D eigenvalue weighted by atomic mass is 16.5. The number of carbonyl (C=O) groups is 1. The first-order chi connectivity index (χ1) is 10.2. The van der Waals surface area contributed by atoms with E-state index in [-0.39, 0.29) is 17.8 Å². The van der Waals surface area contributed by atoms with Crippen molar-refractivity contribution in [3.05, 3.63) is 41.1 Å². The van der Waals surface area contributed by atoms with E-state index >= 15 is 0 Å². The minimum Gasteiger partial charge on any atom is -0.504 e. The topological polar surface area (TPSA) is 61.8 Å². The van der Waals surface area contributed by atoms with Crippen LogP contribution >= 0.6 is 0 Å². The van der Waals surface area contributed by atoms with Crippen LogP contribution in [0.25, 0.3) is 0 Å². The molecule has 0 fully saturated rings. The van der Waals surface area contributed by atoms with Gasteiger partial charge in [-0.15, -0.1) is 0 Å². The van der Waals surface area contributed by atoms with E-state index in [2.05, 4.69) is 17.5 Å². The van der Waals surface area contributed by atoms with E-state index in [0.717, 1.165) is 25.0 Å². The number of ether oxygens (including phenoxy) is 1. The summed E-state index contributed by atoms with van der Waals surface area (Å²) in [7, 11) is 1.48. The molecule has 2 aliphatic heterocycles. The average molecular weight is 284 g/mol. The lowest BCUT2D eigenvalue weighted by atomic mass is 10.0. The molecule has 1 amide bonds. The molecule has 108 valence electrons. The molecule has 0 spiro atoms. The number of phenolic OH excluding ortho intramolecular Hbond substituents is 1. The van der Waals surface area contributed by atoms with Gasteiger partial charge >= 0.3 is 0 Å². The minimum atomic E-state index is -0.0504. The summed E-state index contributed by atoms with van der Waals surface area (Å²) in [6.45, 7) is 0. The highest BCUT2D eigenvalue weighted by molar-refractivity contribution is 6.04. The molecule has 21 heavy (non-hydrogen) atoms. The second-order valence-corrected chi connectivity index (χ2v) is 5.52. The van der Waals surface area contributed by atoms with Crippen molar-refractivity contribution in [1.29, 1.82) is 0 Å². The number of nitrogens with zero attached hydrogens (tertiary/aromatic N) is 1. The highest BCUT2D eigenvalue weighted by Crippen LogP contribution is 2.43.